The van der Waals surface area contributed by atoms with Crippen molar-refractivity contribution in [2.45, 2.75) is 52.2 Å². The molecule has 0 aliphatic heterocycles. The number of hydrogen-bond acceptors (Lipinski definition) is 5. The number of rotatable bonds is 5. The average molecular weight is 280 g/mol. The largest absolute Gasteiger partial charge is 0.460 e. The molecule has 7 heteroatoms. The van der Waals surface area contributed by atoms with Crippen LogP contribution in [0.2, 0.25) is 0 Å². The van der Waals surface area contributed by atoms with Gasteiger partial charge in [0.15, 0.2) is 8.03 Å². The second-order valence-electron chi connectivity index (χ2n) is 5.57. The molecular weight excluding hydrogens is 259 g/mol. The molecule has 106 valence electrons. The van der Waals surface area contributed by atoms with Gasteiger partial charge in [0.1, 0.15) is 17.4 Å². The Morgan fingerprint density at radius 2 is 1.56 bits per heavy atom. The monoisotopic (exact) mass is 280 g/mol. The molecular formula is C11H21O6P. The summed E-state index contributed by atoms with van der Waals surface area (Å²) in [5.74, 6) is -1.29. The SMILES string of the molecule is CC(C)(C)OC(=O)CC(C)(C)OC(=O)C[PH](=O)O. The second-order valence-corrected chi connectivity index (χ2v) is 6.71. The van der Waals surface area contributed by atoms with Crippen molar-refractivity contribution in [3.05, 3.63) is 0 Å². The van der Waals surface area contributed by atoms with Crippen molar-refractivity contribution in [1.82, 2.24) is 0 Å². The minimum Gasteiger partial charge on any atom is -0.460 e. The Bertz CT molecular complexity index is 342. The van der Waals surface area contributed by atoms with Gasteiger partial charge in [0.2, 0.25) is 0 Å². The molecule has 1 atom stereocenters. The fourth-order valence-electron chi connectivity index (χ4n) is 1.23. The van der Waals surface area contributed by atoms with Gasteiger partial charge in [-0.2, -0.15) is 0 Å². The lowest BCUT2D eigenvalue weighted by molar-refractivity contribution is -0.166. The van der Waals surface area contributed by atoms with Crippen molar-refractivity contribution in [3.8, 4) is 0 Å². The van der Waals surface area contributed by atoms with Crippen LogP contribution in [0.3, 0.4) is 0 Å². The average Bonchev–Trinajstić information content (AvgIpc) is 1.92. The first-order chi connectivity index (χ1) is 7.91. The molecule has 0 fully saturated rings. The van der Waals surface area contributed by atoms with E-state index in [0.29, 0.717) is 0 Å². The van der Waals surface area contributed by atoms with E-state index in [1.165, 1.54) is 0 Å². The molecule has 0 bridgehead atoms. The van der Waals surface area contributed by atoms with Crippen LogP contribution in [0.1, 0.15) is 41.0 Å². The summed E-state index contributed by atoms with van der Waals surface area (Å²) in [6.07, 6.45) is -0.648. The van der Waals surface area contributed by atoms with Crippen LogP contribution in [-0.4, -0.2) is 34.2 Å². The van der Waals surface area contributed by atoms with Crippen LogP contribution >= 0.6 is 8.03 Å². The fraction of sp³-hybridized carbons (Fsp3) is 0.818. The normalized spacial score (nSPS) is 13.9. The van der Waals surface area contributed by atoms with E-state index < -0.39 is 37.3 Å². The van der Waals surface area contributed by atoms with Gasteiger partial charge in [0.05, 0.1) is 6.42 Å². The molecule has 0 amide bonds. The first-order valence-electron chi connectivity index (χ1n) is 5.57. The highest BCUT2D eigenvalue weighted by atomic mass is 31.1. The Morgan fingerprint density at radius 3 is 1.94 bits per heavy atom. The molecule has 0 aromatic carbocycles. The third-order valence-corrected chi connectivity index (χ3v) is 2.27. The number of carbonyl (C=O) groups excluding carboxylic acids is 2. The van der Waals surface area contributed by atoms with E-state index >= 15 is 0 Å². The minimum absolute atomic E-state index is 0.109. The smallest absolute Gasteiger partial charge is 0.315 e. The minimum atomic E-state index is -2.90. The summed E-state index contributed by atoms with van der Waals surface area (Å²) in [5.41, 5.74) is -1.66. The van der Waals surface area contributed by atoms with Gasteiger partial charge in [-0.1, -0.05) is 0 Å². The molecule has 0 rings (SSSR count). The van der Waals surface area contributed by atoms with E-state index in [9.17, 15) is 14.2 Å². The molecule has 0 heterocycles. The summed E-state index contributed by atoms with van der Waals surface area (Å²) in [6, 6.07) is 0. The first-order valence-corrected chi connectivity index (χ1v) is 7.13. The molecule has 0 spiro atoms. The van der Waals surface area contributed by atoms with Crippen molar-refractivity contribution in [1.29, 1.82) is 0 Å². The Labute approximate surface area is 108 Å². The van der Waals surface area contributed by atoms with E-state index in [1.54, 1.807) is 34.6 Å². The highest BCUT2D eigenvalue weighted by Gasteiger charge is 2.29. The maximum Gasteiger partial charge on any atom is 0.315 e. The van der Waals surface area contributed by atoms with Crippen LogP contribution in [-0.2, 0) is 23.6 Å². The zero-order valence-electron chi connectivity index (χ0n) is 11.4. The van der Waals surface area contributed by atoms with Gasteiger partial charge in [-0.25, -0.2) is 0 Å². The van der Waals surface area contributed by atoms with E-state index in [4.69, 9.17) is 14.4 Å². The number of carbonyl (C=O) groups is 2. The molecule has 0 aromatic rings. The molecule has 6 nitrogen and oxygen atoms in total. The summed E-state index contributed by atoms with van der Waals surface area (Å²) < 4.78 is 20.6. The highest BCUT2D eigenvalue weighted by Crippen LogP contribution is 2.21. The summed E-state index contributed by atoms with van der Waals surface area (Å²) in [5, 5.41) is 0. The van der Waals surface area contributed by atoms with Gasteiger partial charge in [0, 0.05) is 0 Å². The van der Waals surface area contributed by atoms with Gasteiger partial charge in [0.25, 0.3) is 0 Å². The Morgan fingerprint density at radius 1 is 1.06 bits per heavy atom. The molecule has 1 unspecified atom stereocenters. The number of ether oxygens (including phenoxy) is 2. The van der Waals surface area contributed by atoms with Crippen molar-refractivity contribution in [2.75, 3.05) is 6.16 Å². The van der Waals surface area contributed by atoms with Crippen molar-refractivity contribution in [3.63, 3.8) is 0 Å². The predicted octanol–water partition coefficient (Wildman–Crippen LogP) is 1.51. The van der Waals surface area contributed by atoms with Crippen molar-refractivity contribution < 1.29 is 28.5 Å². The van der Waals surface area contributed by atoms with E-state index in [1.807, 2.05) is 0 Å². The van der Waals surface area contributed by atoms with Crippen LogP contribution in [0.25, 0.3) is 0 Å². The lowest BCUT2D eigenvalue weighted by Gasteiger charge is -2.26. The van der Waals surface area contributed by atoms with Crippen LogP contribution in [0.4, 0.5) is 0 Å². The van der Waals surface area contributed by atoms with E-state index in [0.717, 1.165) is 0 Å². The molecule has 0 aliphatic carbocycles. The maximum absolute atomic E-state index is 11.6. The third kappa shape index (κ3) is 9.19. The van der Waals surface area contributed by atoms with Gasteiger partial charge in [-0.05, 0) is 34.6 Å². The first kappa shape index (κ1) is 17.1. The van der Waals surface area contributed by atoms with E-state index in [-0.39, 0.29) is 6.42 Å². The summed E-state index contributed by atoms with van der Waals surface area (Å²) in [6.45, 7) is 8.30. The summed E-state index contributed by atoms with van der Waals surface area (Å²) in [4.78, 5) is 31.4. The number of hydrogen-bond donors (Lipinski definition) is 1. The van der Waals surface area contributed by atoms with Gasteiger partial charge in [-0.3, -0.25) is 14.2 Å². The Hall–Kier alpha value is -0.870. The summed E-state index contributed by atoms with van der Waals surface area (Å²) >= 11 is 0. The Kier molecular flexibility index (Phi) is 6.04. The zero-order chi connectivity index (χ0) is 14.6. The third-order valence-electron chi connectivity index (χ3n) is 1.68. The zero-order valence-corrected chi connectivity index (χ0v) is 12.4. The van der Waals surface area contributed by atoms with Crippen LogP contribution in [0, 0.1) is 0 Å². The summed E-state index contributed by atoms with van der Waals surface area (Å²) in [7, 11) is -2.90. The molecule has 0 radical (unpaired) electrons. The second kappa shape index (κ2) is 6.34. The van der Waals surface area contributed by atoms with Gasteiger partial charge >= 0.3 is 11.9 Å². The molecule has 18 heavy (non-hydrogen) atoms. The molecule has 0 saturated heterocycles. The predicted molar refractivity (Wildman–Crippen MR) is 66.7 cm³/mol. The van der Waals surface area contributed by atoms with Crippen LogP contribution in [0.15, 0.2) is 0 Å². The fourth-order valence-corrected chi connectivity index (χ4v) is 1.55. The Balaban J connectivity index is 4.34. The molecule has 0 aromatic heterocycles. The van der Waals surface area contributed by atoms with Crippen LogP contribution in [0.5, 0.6) is 0 Å². The van der Waals surface area contributed by atoms with Crippen molar-refractivity contribution >= 4 is 20.0 Å². The molecule has 0 aliphatic rings. The van der Waals surface area contributed by atoms with Gasteiger partial charge in [-0.15, -0.1) is 0 Å². The van der Waals surface area contributed by atoms with E-state index in [2.05, 4.69) is 0 Å². The maximum atomic E-state index is 11.6. The van der Waals surface area contributed by atoms with Gasteiger partial charge < -0.3 is 14.4 Å². The quantitative estimate of drug-likeness (QED) is 0.606. The number of esters is 2. The lowest BCUT2D eigenvalue weighted by Crippen LogP contribution is -2.34. The van der Waals surface area contributed by atoms with Crippen molar-refractivity contribution in [2.24, 2.45) is 0 Å². The topological polar surface area (TPSA) is 89.9 Å². The highest BCUT2D eigenvalue weighted by molar-refractivity contribution is 7.39. The standard InChI is InChI=1S/C11H21O6P/c1-10(2,3)16-8(12)6-11(4,5)17-9(13)7-18(14)15/h18H,6-7H2,1-5H3,(H,14,15). The molecule has 1 N–H and O–H groups in total. The lowest BCUT2D eigenvalue weighted by atomic mass is 10.1. The van der Waals surface area contributed by atoms with Crippen LogP contribution < -0.4 is 0 Å². The molecule has 0 saturated carbocycles.